The number of nitrogens with two attached hydrogens (primary N) is 1. The van der Waals surface area contributed by atoms with Crippen molar-refractivity contribution in [3.05, 3.63) is 59.2 Å². The van der Waals surface area contributed by atoms with Crippen molar-refractivity contribution in [3.63, 3.8) is 0 Å². The van der Waals surface area contributed by atoms with Crippen LogP contribution in [0, 0.1) is 29.6 Å². The van der Waals surface area contributed by atoms with Gasteiger partial charge in [-0.2, -0.15) is 0 Å². The fourth-order valence-corrected chi connectivity index (χ4v) is 8.47. The molecule has 270 valence electrons. The number of carboxylic acids is 1. The predicted molar refractivity (Wildman–Crippen MR) is 190 cm³/mol. The molecule has 1 fully saturated rings. The summed E-state index contributed by atoms with van der Waals surface area (Å²) >= 11 is 0. The van der Waals surface area contributed by atoms with Gasteiger partial charge in [0.15, 0.2) is 0 Å². The minimum atomic E-state index is -1.25. The molecular formula is C39H63N3O6. The Morgan fingerprint density at radius 3 is 2.54 bits per heavy atom. The number of allylic oxidation sites excluding steroid dienone is 3. The molecule has 1 aromatic rings. The first-order chi connectivity index (χ1) is 23.0. The standard InChI is InChI=1S/C39H63N3O6/c1-3-5-7-10-27-13-14-30(35(44)22-27)11-8-6-9-12-31(38(46)47)34(43)15-17-39(48)24-29(19-28-16-18-41-36(40)23-28)20-32(39)37(45)33-21-26(4-2)25-42-33/h13-14,16,21,23,25,27,29-32,34-35,37,41-45,48H,3-12,15,17-20,22,24,40H2,1-2H3,(H,46,47). The van der Waals surface area contributed by atoms with Crippen LogP contribution in [0.25, 0.3) is 0 Å². The van der Waals surface area contributed by atoms with Crippen molar-refractivity contribution in [1.82, 2.24) is 10.3 Å². The maximum atomic E-state index is 12.2. The topological polar surface area (TPSA) is 172 Å². The van der Waals surface area contributed by atoms with E-state index in [1.807, 2.05) is 18.3 Å². The van der Waals surface area contributed by atoms with Gasteiger partial charge in [0.25, 0.3) is 0 Å². The number of aryl methyl sites for hydroxylation is 1. The number of carbonyl (C=O) groups is 1. The quantitative estimate of drug-likeness (QED) is 0.0616. The third-order valence-electron chi connectivity index (χ3n) is 11.4. The van der Waals surface area contributed by atoms with E-state index in [0.29, 0.717) is 49.7 Å². The molecule has 1 aromatic heterocycles. The van der Waals surface area contributed by atoms with Crippen LogP contribution in [0.4, 0.5) is 0 Å². The highest BCUT2D eigenvalue weighted by molar-refractivity contribution is 5.70. The second kappa shape index (κ2) is 18.4. The summed E-state index contributed by atoms with van der Waals surface area (Å²) in [7, 11) is 0. The van der Waals surface area contributed by atoms with Crippen LogP contribution in [0.15, 0.2) is 48.0 Å². The molecule has 0 spiro atoms. The van der Waals surface area contributed by atoms with Gasteiger partial charge < -0.3 is 41.6 Å². The lowest BCUT2D eigenvalue weighted by atomic mass is 9.79. The van der Waals surface area contributed by atoms with Crippen molar-refractivity contribution < 1.29 is 30.3 Å². The molecule has 9 atom stereocenters. The van der Waals surface area contributed by atoms with Gasteiger partial charge in [0.1, 0.15) is 0 Å². The largest absolute Gasteiger partial charge is 0.481 e. The Hall–Kier alpha value is -2.59. The Bertz CT molecular complexity index is 1240. The lowest BCUT2D eigenvalue weighted by molar-refractivity contribution is -0.147. The molecule has 0 bridgehead atoms. The number of rotatable bonds is 20. The first-order valence-corrected chi connectivity index (χ1v) is 18.8. The van der Waals surface area contributed by atoms with Crippen LogP contribution in [-0.2, 0) is 11.2 Å². The van der Waals surface area contributed by atoms with Gasteiger partial charge in [-0.1, -0.05) is 70.6 Å². The Morgan fingerprint density at radius 1 is 1.06 bits per heavy atom. The first-order valence-electron chi connectivity index (χ1n) is 18.8. The molecule has 0 saturated heterocycles. The van der Waals surface area contributed by atoms with Crippen LogP contribution in [0.2, 0.25) is 0 Å². The number of hydrogen-bond donors (Lipinski definition) is 8. The lowest BCUT2D eigenvalue weighted by Gasteiger charge is -2.34. The number of aliphatic hydroxyl groups excluding tert-OH is 3. The van der Waals surface area contributed by atoms with Crippen LogP contribution in [0.3, 0.4) is 0 Å². The SMILES string of the molecule is CCCCCC1C=CC(CCCCCC(C(=O)O)C(O)CCC2(O)CC(CC3=CCNC(N)=C3)CC2C(O)c2cc(CC)c[nH]2)C(O)C1. The third kappa shape index (κ3) is 10.7. The number of dihydropyridines is 1. The van der Waals surface area contributed by atoms with E-state index in [1.165, 1.54) is 19.3 Å². The predicted octanol–water partition coefficient (Wildman–Crippen LogP) is 6.01. The van der Waals surface area contributed by atoms with Crippen molar-refractivity contribution in [3.8, 4) is 0 Å². The van der Waals surface area contributed by atoms with Gasteiger partial charge in [0.05, 0.1) is 35.7 Å². The second-order valence-corrected chi connectivity index (χ2v) is 15.0. The second-order valence-electron chi connectivity index (χ2n) is 15.0. The minimum absolute atomic E-state index is 0.112. The first kappa shape index (κ1) is 38.2. The van der Waals surface area contributed by atoms with Gasteiger partial charge in [0.2, 0.25) is 0 Å². The van der Waals surface area contributed by atoms with Crippen LogP contribution >= 0.6 is 0 Å². The molecule has 1 saturated carbocycles. The van der Waals surface area contributed by atoms with Crippen LogP contribution < -0.4 is 11.1 Å². The highest BCUT2D eigenvalue weighted by Gasteiger charge is 2.50. The number of carboxylic acid groups (broad SMARTS) is 1. The van der Waals surface area contributed by atoms with E-state index in [2.05, 4.69) is 42.4 Å². The van der Waals surface area contributed by atoms with Crippen molar-refractivity contribution >= 4 is 5.97 Å². The summed E-state index contributed by atoms with van der Waals surface area (Å²) in [6, 6.07) is 1.95. The van der Waals surface area contributed by atoms with Crippen molar-refractivity contribution in [1.29, 1.82) is 0 Å². The summed E-state index contributed by atoms with van der Waals surface area (Å²) in [5.74, 6) is -1.03. The molecule has 4 rings (SSSR count). The van der Waals surface area contributed by atoms with Gasteiger partial charge in [0, 0.05) is 30.3 Å². The van der Waals surface area contributed by atoms with Gasteiger partial charge >= 0.3 is 5.97 Å². The summed E-state index contributed by atoms with van der Waals surface area (Å²) < 4.78 is 0. The normalized spacial score (nSPS) is 29.2. The van der Waals surface area contributed by atoms with Crippen molar-refractivity contribution in [2.45, 2.75) is 140 Å². The fraction of sp³-hybridized carbons (Fsp3) is 0.718. The van der Waals surface area contributed by atoms with Crippen LogP contribution in [0.1, 0.15) is 128 Å². The smallest absolute Gasteiger partial charge is 0.309 e. The van der Waals surface area contributed by atoms with Crippen molar-refractivity contribution in [2.75, 3.05) is 6.54 Å². The molecule has 0 aromatic carbocycles. The highest BCUT2D eigenvalue weighted by Crippen LogP contribution is 2.50. The Morgan fingerprint density at radius 2 is 1.85 bits per heavy atom. The summed E-state index contributed by atoms with van der Waals surface area (Å²) in [5.41, 5.74) is 7.60. The van der Waals surface area contributed by atoms with Crippen LogP contribution in [0.5, 0.6) is 0 Å². The molecule has 9 nitrogen and oxygen atoms in total. The zero-order valence-corrected chi connectivity index (χ0v) is 29.3. The zero-order chi connectivity index (χ0) is 34.7. The minimum Gasteiger partial charge on any atom is -0.481 e. The zero-order valence-electron chi connectivity index (χ0n) is 29.3. The molecule has 9 heteroatoms. The number of aromatic amines is 1. The summed E-state index contributed by atoms with van der Waals surface area (Å²) in [4.78, 5) is 15.4. The molecule has 0 radical (unpaired) electrons. The van der Waals surface area contributed by atoms with Gasteiger partial charge in [-0.05, 0) is 99.3 Å². The number of aromatic nitrogens is 1. The number of nitrogens with one attached hydrogen (secondary N) is 2. The highest BCUT2D eigenvalue weighted by atomic mass is 16.4. The van der Waals surface area contributed by atoms with E-state index < -0.39 is 35.6 Å². The number of H-pyrrole nitrogens is 1. The molecule has 48 heavy (non-hydrogen) atoms. The van der Waals surface area contributed by atoms with E-state index in [-0.39, 0.29) is 30.8 Å². The molecule has 3 aliphatic rings. The fourth-order valence-electron chi connectivity index (χ4n) is 8.47. The lowest BCUT2D eigenvalue weighted by Crippen LogP contribution is -2.39. The monoisotopic (exact) mass is 669 g/mol. The molecule has 0 amide bonds. The van der Waals surface area contributed by atoms with E-state index in [4.69, 9.17) is 5.73 Å². The molecule has 9 unspecified atom stereocenters. The number of aliphatic carboxylic acids is 1. The maximum absolute atomic E-state index is 12.2. The van der Waals surface area contributed by atoms with E-state index >= 15 is 0 Å². The average Bonchev–Trinajstić information content (AvgIpc) is 3.67. The Kier molecular flexibility index (Phi) is 14.7. The van der Waals surface area contributed by atoms with Gasteiger partial charge in [-0.3, -0.25) is 4.79 Å². The van der Waals surface area contributed by atoms with Crippen LogP contribution in [-0.4, -0.2) is 60.8 Å². The van der Waals surface area contributed by atoms with Gasteiger partial charge in [-0.25, -0.2) is 0 Å². The maximum Gasteiger partial charge on any atom is 0.309 e. The number of hydrogen-bond acceptors (Lipinski definition) is 7. The molecule has 2 heterocycles. The molecule has 1 aliphatic heterocycles. The Labute approximate surface area is 287 Å². The third-order valence-corrected chi connectivity index (χ3v) is 11.4. The van der Waals surface area contributed by atoms with E-state index in [9.17, 15) is 30.3 Å². The van der Waals surface area contributed by atoms with E-state index in [0.717, 1.165) is 56.1 Å². The van der Waals surface area contributed by atoms with Gasteiger partial charge in [-0.15, -0.1) is 0 Å². The summed E-state index contributed by atoms with van der Waals surface area (Å²) in [5, 5.41) is 58.5. The number of unbranched alkanes of at least 4 members (excludes halogenated alkanes) is 4. The number of aliphatic hydroxyl groups is 4. The average molecular weight is 670 g/mol. The molecular weight excluding hydrogens is 606 g/mol. The molecule has 9 N–H and O–H groups in total. The van der Waals surface area contributed by atoms with E-state index in [1.54, 1.807) is 0 Å². The molecule has 2 aliphatic carbocycles. The Balaban J connectivity index is 1.30. The summed E-state index contributed by atoms with van der Waals surface area (Å²) in [6.07, 6.45) is 20.3. The summed E-state index contributed by atoms with van der Waals surface area (Å²) in [6.45, 7) is 4.91. The van der Waals surface area contributed by atoms with Crippen molar-refractivity contribution in [2.24, 2.45) is 35.3 Å².